The quantitative estimate of drug-likeness (QED) is 0.633. The van der Waals surface area contributed by atoms with Crippen molar-refractivity contribution >= 4 is 5.57 Å². The molecule has 2 heterocycles. The van der Waals surface area contributed by atoms with E-state index in [2.05, 4.69) is 79.4 Å². The van der Waals surface area contributed by atoms with Crippen molar-refractivity contribution in [3.8, 4) is 0 Å². The minimum absolute atomic E-state index is 0.605. The van der Waals surface area contributed by atoms with Crippen LogP contribution in [0.4, 0.5) is 0 Å². The maximum Gasteiger partial charge on any atom is 0.0290 e. The molecule has 1 saturated heterocycles. The summed E-state index contributed by atoms with van der Waals surface area (Å²) < 4.78 is 0. The maximum absolute atomic E-state index is 2.75. The van der Waals surface area contributed by atoms with Crippen LogP contribution in [-0.4, -0.2) is 17.0 Å². The highest BCUT2D eigenvalue weighted by Crippen LogP contribution is 2.38. The van der Waals surface area contributed by atoms with Crippen LogP contribution < -0.4 is 0 Å². The van der Waals surface area contributed by atoms with Crippen molar-refractivity contribution in [2.45, 2.75) is 64.6 Å². The highest BCUT2D eigenvalue weighted by atomic mass is 15.2. The van der Waals surface area contributed by atoms with Gasteiger partial charge in [-0.1, -0.05) is 80.9 Å². The van der Waals surface area contributed by atoms with Gasteiger partial charge in [0.2, 0.25) is 0 Å². The molecule has 2 aliphatic rings. The molecule has 2 unspecified atom stereocenters. The van der Waals surface area contributed by atoms with E-state index in [4.69, 9.17) is 0 Å². The topological polar surface area (TPSA) is 3.24 Å². The van der Waals surface area contributed by atoms with E-state index < -0.39 is 0 Å². The van der Waals surface area contributed by atoms with Gasteiger partial charge in [0.15, 0.2) is 0 Å². The summed E-state index contributed by atoms with van der Waals surface area (Å²) in [4.78, 5) is 2.75. The zero-order valence-electron chi connectivity index (χ0n) is 16.2. The first-order valence-corrected chi connectivity index (χ1v) is 10.3. The Balaban J connectivity index is 1.52. The number of hydrogen-bond donors (Lipinski definition) is 0. The van der Waals surface area contributed by atoms with Gasteiger partial charge in [0.25, 0.3) is 0 Å². The van der Waals surface area contributed by atoms with Crippen molar-refractivity contribution < 1.29 is 0 Å². The van der Waals surface area contributed by atoms with Crippen molar-refractivity contribution in [2.75, 3.05) is 0 Å². The van der Waals surface area contributed by atoms with Crippen LogP contribution in [0.1, 0.15) is 56.2 Å². The highest BCUT2D eigenvalue weighted by Gasteiger charge is 2.33. The Bertz CT molecular complexity index is 741. The summed E-state index contributed by atoms with van der Waals surface area (Å²) in [5, 5.41) is 0. The summed E-state index contributed by atoms with van der Waals surface area (Å²) in [6.45, 7) is 5.67. The summed E-state index contributed by atoms with van der Waals surface area (Å²) >= 11 is 0. The Hall–Kier alpha value is -1.86. The van der Waals surface area contributed by atoms with Crippen LogP contribution in [0.2, 0.25) is 0 Å². The minimum Gasteiger partial charge on any atom is -0.289 e. The SMILES string of the molecule is CC(C)Cc1ccc(C2=CC3CCCC(C2)N3Cc2ccccc2)cc1. The van der Waals surface area contributed by atoms with Crippen molar-refractivity contribution in [1.29, 1.82) is 0 Å². The van der Waals surface area contributed by atoms with Crippen LogP contribution in [-0.2, 0) is 13.0 Å². The number of fused-ring (bicyclic) bond motifs is 2. The maximum atomic E-state index is 2.75. The van der Waals surface area contributed by atoms with Gasteiger partial charge in [0, 0.05) is 18.6 Å². The Morgan fingerprint density at radius 3 is 2.38 bits per heavy atom. The van der Waals surface area contributed by atoms with E-state index in [1.54, 1.807) is 5.57 Å². The molecular formula is C25H31N. The largest absolute Gasteiger partial charge is 0.289 e. The van der Waals surface area contributed by atoms with Crippen LogP contribution in [0, 0.1) is 5.92 Å². The van der Waals surface area contributed by atoms with Gasteiger partial charge in [-0.25, -0.2) is 0 Å². The predicted octanol–water partition coefficient (Wildman–Crippen LogP) is 6.10. The second kappa shape index (κ2) is 7.80. The van der Waals surface area contributed by atoms with Gasteiger partial charge >= 0.3 is 0 Å². The molecule has 0 aromatic heterocycles. The first-order valence-electron chi connectivity index (χ1n) is 10.3. The highest BCUT2D eigenvalue weighted by molar-refractivity contribution is 5.68. The lowest BCUT2D eigenvalue weighted by Gasteiger charge is -2.45. The number of rotatable bonds is 5. The summed E-state index contributed by atoms with van der Waals surface area (Å²) in [7, 11) is 0. The Morgan fingerprint density at radius 2 is 1.69 bits per heavy atom. The van der Waals surface area contributed by atoms with Gasteiger partial charge in [0.05, 0.1) is 0 Å². The molecule has 4 rings (SSSR count). The van der Waals surface area contributed by atoms with Gasteiger partial charge in [0.1, 0.15) is 0 Å². The fourth-order valence-corrected chi connectivity index (χ4v) is 4.70. The molecule has 0 saturated carbocycles. The average molecular weight is 346 g/mol. The minimum atomic E-state index is 0.605. The standard InChI is InChI=1S/C25H31N/c1-19(2)15-20-11-13-22(14-12-20)23-16-24-9-6-10-25(17-23)26(24)18-21-7-4-3-5-8-21/h3-5,7-8,11-14,16,19,24-25H,6,9-10,15,17-18H2,1-2H3. The molecule has 0 N–H and O–H groups in total. The molecule has 1 heteroatoms. The summed E-state index contributed by atoms with van der Waals surface area (Å²) in [5.74, 6) is 0.723. The second-order valence-corrected chi connectivity index (χ2v) is 8.50. The lowest BCUT2D eigenvalue weighted by atomic mass is 9.82. The summed E-state index contributed by atoms with van der Waals surface area (Å²) in [6.07, 6.45) is 8.96. The number of piperidine rings is 1. The molecule has 1 fully saturated rings. The molecule has 0 spiro atoms. The molecule has 0 radical (unpaired) electrons. The first kappa shape index (κ1) is 17.5. The van der Waals surface area contributed by atoms with E-state index in [1.165, 1.54) is 48.8 Å². The molecule has 2 bridgehead atoms. The lowest BCUT2D eigenvalue weighted by Crippen LogP contribution is -2.47. The Morgan fingerprint density at radius 1 is 0.923 bits per heavy atom. The molecule has 2 aromatic rings. The summed E-state index contributed by atoms with van der Waals surface area (Å²) in [5.41, 5.74) is 5.92. The molecule has 2 aromatic carbocycles. The zero-order valence-corrected chi connectivity index (χ0v) is 16.2. The average Bonchev–Trinajstić information content (AvgIpc) is 2.62. The van der Waals surface area contributed by atoms with Crippen molar-refractivity contribution in [3.05, 3.63) is 77.4 Å². The van der Waals surface area contributed by atoms with Gasteiger partial charge in [-0.15, -0.1) is 0 Å². The van der Waals surface area contributed by atoms with Crippen LogP contribution in [0.15, 0.2) is 60.7 Å². The van der Waals surface area contributed by atoms with Crippen LogP contribution in [0.3, 0.4) is 0 Å². The van der Waals surface area contributed by atoms with Gasteiger partial charge in [-0.3, -0.25) is 4.90 Å². The second-order valence-electron chi connectivity index (χ2n) is 8.50. The van der Waals surface area contributed by atoms with Crippen LogP contribution in [0.25, 0.3) is 5.57 Å². The Labute approximate surface area is 158 Å². The number of nitrogens with zero attached hydrogens (tertiary/aromatic N) is 1. The van der Waals surface area contributed by atoms with E-state index >= 15 is 0 Å². The third-order valence-electron chi connectivity index (χ3n) is 5.96. The van der Waals surface area contributed by atoms with Crippen molar-refractivity contribution in [2.24, 2.45) is 5.92 Å². The monoisotopic (exact) mass is 345 g/mol. The van der Waals surface area contributed by atoms with Gasteiger partial charge in [-0.05, 0) is 53.9 Å². The van der Waals surface area contributed by atoms with E-state index in [0.29, 0.717) is 12.1 Å². The van der Waals surface area contributed by atoms with Crippen molar-refractivity contribution in [1.82, 2.24) is 4.90 Å². The van der Waals surface area contributed by atoms with E-state index in [1.807, 2.05) is 0 Å². The molecule has 1 nitrogen and oxygen atoms in total. The van der Waals surface area contributed by atoms with Crippen molar-refractivity contribution in [3.63, 3.8) is 0 Å². The predicted molar refractivity (Wildman–Crippen MR) is 111 cm³/mol. The van der Waals surface area contributed by atoms with Crippen LogP contribution >= 0.6 is 0 Å². The summed E-state index contributed by atoms with van der Waals surface area (Å²) in [6, 6.07) is 21.6. The fourth-order valence-electron chi connectivity index (χ4n) is 4.70. The van der Waals surface area contributed by atoms with E-state index in [0.717, 1.165) is 12.5 Å². The van der Waals surface area contributed by atoms with Crippen LogP contribution in [0.5, 0.6) is 0 Å². The molecule has 0 aliphatic carbocycles. The molecule has 2 aliphatic heterocycles. The van der Waals surface area contributed by atoms with Gasteiger partial charge < -0.3 is 0 Å². The third kappa shape index (κ3) is 3.94. The van der Waals surface area contributed by atoms with Gasteiger partial charge in [-0.2, -0.15) is 0 Å². The number of benzene rings is 2. The van der Waals surface area contributed by atoms with E-state index in [-0.39, 0.29) is 0 Å². The normalized spacial score (nSPS) is 23.1. The molecular weight excluding hydrogens is 314 g/mol. The molecule has 0 amide bonds. The van der Waals surface area contributed by atoms with E-state index in [9.17, 15) is 0 Å². The first-order chi connectivity index (χ1) is 12.7. The Kier molecular flexibility index (Phi) is 5.26. The smallest absolute Gasteiger partial charge is 0.0290 e. The fraction of sp³-hybridized carbons (Fsp3) is 0.440. The molecule has 26 heavy (non-hydrogen) atoms. The lowest BCUT2D eigenvalue weighted by molar-refractivity contribution is 0.0951. The number of hydrogen-bond acceptors (Lipinski definition) is 1. The molecule has 136 valence electrons. The third-order valence-corrected chi connectivity index (χ3v) is 5.96. The molecule has 2 atom stereocenters. The zero-order chi connectivity index (χ0) is 17.9.